The summed E-state index contributed by atoms with van der Waals surface area (Å²) in [5.41, 5.74) is -0.385. The summed E-state index contributed by atoms with van der Waals surface area (Å²) in [7, 11) is 0. The Morgan fingerprint density at radius 2 is 2.21 bits per heavy atom. The fourth-order valence-corrected chi connectivity index (χ4v) is 2.91. The van der Waals surface area contributed by atoms with Crippen molar-refractivity contribution in [1.82, 2.24) is 10.2 Å². The van der Waals surface area contributed by atoms with Crippen LogP contribution >= 0.6 is 0 Å². The van der Waals surface area contributed by atoms with Gasteiger partial charge in [0.15, 0.2) is 0 Å². The summed E-state index contributed by atoms with van der Waals surface area (Å²) >= 11 is 0. The van der Waals surface area contributed by atoms with Gasteiger partial charge in [-0.3, -0.25) is 0 Å². The summed E-state index contributed by atoms with van der Waals surface area (Å²) in [6.07, 6.45) is 2.51. The smallest absolute Gasteiger partial charge is 0.326 e. The van der Waals surface area contributed by atoms with Gasteiger partial charge in [-0.2, -0.15) is 0 Å². The van der Waals surface area contributed by atoms with Crippen molar-refractivity contribution in [1.29, 1.82) is 0 Å². The van der Waals surface area contributed by atoms with E-state index in [1.807, 2.05) is 13.8 Å². The van der Waals surface area contributed by atoms with Crippen LogP contribution in [0.1, 0.15) is 33.1 Å². The number of hydrogen-bond donors (Lipinski definition) is 2. The third-order valence-electron chi connectivity index (χ3n) is 4.06. The molecule has 2 saturated heterocycles. The van der Waals surface area contributed by atoms with Gasteiger partial charge < -0.3 is 20.1 Å². The largest absolute Gasteiger partial charge is 0.480 e. The van der Waals surface area contributed by atoms with Crippen LogP contribution < -0.4 is 5.32 Å². The van der Waals surface area contributed by atoms with E-state index in [1.54, 1.807) is 0 Å². The van der Waals surface area contributed by atoms with Gasteiger partial charge in [-0.15, -0.1) is 0 Å². The maximum Gasteiger partial charge on any atom is 0.326 e. The number of amides is 2. The molecule has 2 aliphatic heterocycles. The lowest BCUT2D eigenvalue weighted by molar-refractivity contribution is -0.142. The molecule has 2 fully saturated rings. The number of carbonyl (C=O) groups is 2. The molecule has 2 aliphatic rings. The second-order valence-corrected chi connectivity index (χ2v) is 5.89. The van der Waals surface area contributed by atoms with Crippen LogP contribution in [0.4, 0.5) is 4.79 Å². The van der Waals surface area contributed by atoms with E-state index in [4.69, 9.17) is 4.74 Å². The predicted octanol–water partition coefficient (Wildman–Crippen LogP) is 1.06. The molecule has 19 heavy (non-hydrogen) atoms. The van der Waals surface area contributed by atoms with Crippen LogP contribution in [0.3, 0.4) is 0 Å². The van der Waals surface area contributed by atoms with Crippen molar-refractivity contribution in [3.8, 4) is 0 Å². The molecule has 0 bridgehead atoms. The molecule has 0 aromatic heterocycles. The average molecular weight is 270 g/mol. The van der Waals surface area contributed by atoms with Gasteiger partial charge in [0.2, 0.25) is 0 Å². The Morgan fingerprint density at radius 1 is 1.47 bits per heavy atom. The molecule has 0 aliphatic carbocycles. The van der Waals surface area contributed by atoms with Gasteiger partial charge >= 0.3 is 12.0 Å². The van der Waals surface area contributed by atoms with Gasteiger partial charge in [0.05, 0.1) is 12.1 Å². The van der Waals surface area contributed by atoms with Crippen LogP contribution in [0.15, 0.2) is 0 Å². The number of nitrogens with one attached hydrogen (secondary N) is 1. The fourth-order valence-electron chi connectivity index (χ4n) is 2.91. The van der Waals surface area contributed by atoms with Crippen LogP contribution in [-0.2, 0) is 9.53 Å². The molecule has 2 amide bonds. The molecule has 108 valence electrons. The van der Waals surface area contributed by atoms with E-state index in [1.165, 1.54) is 4.90 Å². The summed E-state index contributed by atoms with van der Waals surface area (Å²) in [5, 5.41) is 12.2. The van der Waals surface area contributed by atoms with Crippen LogP contribution in [0.5, 0.6) is 0 Å². The normalized spacial score (nSPS) is 35.2. The SMILES string of the molecule is CC1CCN(C(=O)NC2(C)CCCOC2)C1C(=O)O. The van der Waals surface area contributed by atoms with Crippen LogP contribution in [0.2, 0.25) is 0 Å². The second kappa shape index (κ2) is 5.36. The maximum atomic E-state index is 12.3. The third-order valence-corrected chi connectivity index (χ3v) is 4.06. The molecule has 0 spiro atoms. The Balaban J connectivity index is 2.01. The van der Waals surface area contributed by atoms with Crippen LogP contribution in [0.25, 0.3) is 0 Å². The predicted molar refractivity (Wildman–Crippen MR) is 68.9 cm³/mol. The topological polar surface area (TPSA) is 78.9 Å². The number of aliphatic carboxylic acids is 1. The Labute approximate surface area is 113 Å². The summed E-state index contributed by atoms with van der Waals surface area (Å²) in [6.45, 7) is 5.53. The molecule has 2 N–H and O–H groups in total. The van der Waals surface area contributed by atoms with Gasteiger partial charge in [-0.05, 0) is 32.1 Å². The molecule has 3 unspecified atom stereocenters. The van der Waals surface area contributed by atoms with Crippen molar-refractivity contribution in [2.24, 2.45) is 5.92 Å². The van der Waals surface area contributed by atoms with Crippen molar-refractivity contribution < 1.29 is 19.4 Å². The molecule has 0 aromatic rings. The standard InChI is InChI=1S/C13H22N2O4/c1-9-4-6-15(10(9)11(16)17)12(18)14-13(2)5-3-7-19-8-13/h9-10H,3-8H2,1-2H3,(H,14,18)(H,16,17). The summed E-state index contributed by atoms with van der Waals surface area (Å²) in [5.74, 6) is -0.927. The minimum atomic E-state index is -0.926. The van der Waals surface area contributed by atoms with Crippen LogP contribution in [-0.4, -0.2) is 53.3 Å². The van der Waals surface area contributed by atoms with Gasteiger partial charge in [0.1, 0.15) is 6.04 Å². The molecule has 3 atom stereocenters. The molecule has 2 rings (SSSR count). The highest BCUT2D eigenvalue weighted by Gasteiger charge is 2.41. The molecular weight excluding hydrogens is 248 g/mol. The number of nitrogens with zero attached hydrogens (tertiary/aromatic N) is 1. The van der Waals surface area contributed by atoms with Crippen molar-refractivity contribution in [3.63, 3.8) is 0 Å². The number of ether oxygens (including phenoxy) is 1. The minimum absolute atomic E-state index is 0.00124. The first kappa shape index (κ1) is 14.1. The zero-order chi connectivity index (χ0) is 14.0. The molecule has 0 aromatic carbocycles. The Morgan fingerprint density at radius 3 is 2.79 bits per heavy atom. The highest BCUT2D eigenvalue weighted by Crippen LogP contribution is 2.25. The van der Waals surface area contributed by atoms with Crippen molar-refractivity contribution in [3.05, 3.63) is 0 Å². The van der Waals surface area contributed by atoms with Crippen LogP contribution in [0, 0.1) is 5.92 Å². The maximum absolute atomic E-state index is 12.3. The Hall–Kier alpha value is -1.30. The number of urea groups is 1. The number of likely N-dealkylation sites (tertiary alicyclic amines) is 1. The summed E-state index contributed by atoms with van der Waals surface area (Å²) in [6, 6.07) is -1.00. The number of carbonyl (C=O) groups excluding carboxylic acids is 1. The van der Waals surface area contributed by atoms with Gasteiger partial charge in [-0.1, -0.05) is 6.92 Å². The Kier molecular flexibility index (Phi) is 3.99. The first-order valence-corrected chi connectivity index (χ1v) is 6.82. The van der Waals surface area contributed by atoms with E-state index in [2.05, 4.69) is 5.32 Å². The molecule has 2 heterocycles. The van der Waals surface area contributed by atoms with Crippen molar-refractivity contribution >= 4 is 12.0 Å². The number of hydrogen-bond acceptors (Lipinski definition) is 3. The lowest BCUT2D eigenvalue weighted by atomic mass is 9.95. The van der Waals surface area contributed by atoms with Gasteiger partial charge in [0, 0.05) is 13.2 Å². The van der Waals surface area contributed by atoms with E-state index >= 15 is 0 Å². The molecular formula is C13H22N2O4. The number of carboxylic acid groups (broad SMARTS) is 1. The lowest BCUT2D eigenvalue weighted by Crippen LogP contribution is -2.57. The highest BCUT2D eigenvalue weighted by atomic mass is 16.5. The molecule has 0 saturated carbocycles. The molecule has 6 heteroatoms. The Bertz CT molecular complexity index is 366. The average Bonchev–Trinajstić information content (AvgIpc) is 2.71. The number of rotatable bonds is 2. The van der Waals surface area contributed by atoms with E-state index in [-0.39, 0.29) is 17.5 Å². The quantitative estimate of drug-likeness (QED) is 0.786. The second-order valence-electron chi connectivity index (χ2n) is 5.89. The van der Waals surface area contributed by atoms with Gasteiger partial charge in [-0.25, -0.2) is 9.59 Å². The summed E-state index contributed by atoms with van der Waals surface area (Å²) in [4.78, 5) is 25.0. The zero-order valence-corrected chi connectivity index (χ0v) is 11.5. The minimum Gasteiger partial charge on any atom is -0.480 e. The highest BCUT2D eigenvalue weighted by molar-refractivity contribution is 5.84. The van der Waals surface area contributed by atoms with Crippen molar-refractivity contribution in [2.45, 2.75) is 44.7 Å². The van der Waals surface area contributed by atoms with E-state index in [0.717, 1.165) is 25.9 Å². The monoisotopic (exact) mass is 270 g/mol. The molecule has 6 nitrogen and oxygen atoms in total. The van der Waals surface area contributed by atoms with Crippen molar-refractivity contribution in [2.75, 3.05) is 19.8 Å². The first-order valence-electron chi connectivity index (χ1n) is 6.82. The van der Waals surface area contributed by atoms with E-state index in [0.29, 0.717) is 13.2 Å². The van der Waals surface area contributed by atoms with Gasteiger partial charge in [0.25, 0.3) is 0 Å². The first-order chi connectivity index (χ1) is 8.93. The molecule has 0 radical (unpaired) electrons. The van der Waals surface area contributed by atoms with E-state index in [9.17, 15) is 14.7 Å². The fraction of sp³-hybridized carbons (Fsp3) is 0.846. The lowest BCUT2D eigenvalue weighted by Gasteiger charge is -2.36. The summed E-state index contributed by atoms with van der Waals surface area (Å²) < 4.78 is 5.39. The number of carboxylic acids is 1. The third kappa shape index (κ3) is 3.00. The van der Waals surface area contributed by atoms with E-state index < -0.39 is 12.0 Å². The zero-order valence-electron chi connectivity index (χ0n) is 11.5.